The molecule has 0 saturated carbocycles. The fourth-order valence-electron chi connectivity index (χ4n) is 2.83. The van der Waals surface area contributed by atoms with Crippen molar-refractivity contribution in [1.82, 2.24) is 5.32 Å². The number of hydrogen-bond donors (Lipinski definition) is 1. The Bertz CT molecular complexity index is 432. The first-order chi connectivity index (χ1) is 9.65. The van der Waals surface area contributed by atoms with Gasteiger partial charge in [0.2, 0.25) is 0 Å². The summed E-state index contributed by atoms with van der Waals surface area (Å²) in [4.78, 5) is 2.34. The van der Waals surface area contributed by atoms with Gasteiger partial charge in [-0.1, -0.05) is 12.1 Å². The maximum atomic E-state index is 5.26. The van der Waals surface area contributed by atoms with E-state index in [0.29, 0.717) is 0 Å². The number of ether oxygens (including phenoxy) is 2. The molecule has 1 aliphatic heterocycles. The van der Waals surface area contributed by atoms with Gasteiger partial charge in [0, 0.05) is 40.0 Å². The van der Waals surface area contributed by atoms with Crippen LogP contribution >= 0.6 is 0 Å². The van der Waals surface area contributed by atoms with Crippen LogP contribution in [0.15, 0.2) is 18.2 Å². The number of anilines is 1. The maximum Gasteiger partial charge on any atom is 0.171 e. The molecule has 0 amide bonds. The molecule has 1 N–H and O–H groups in total. The van der Waals surface area contributed by atoms with Gasteiger partial charge in [-0.05, 0) is 37.0 Å². The number of nitrogens with zero attached hydrogens (tertiary/aromatic N) is 1. The predicted molar refractivity (Wildman–Crippen MR) is 82.1 cm³/mol. The molecule has 0 aromatic heterocycles. The minimum absolute atomic E-state index is 0.156. The Labute approximate surface area is 122 Å². The summed E-state index contributed by atoms with van der Waals surface area (Å²) in [6.45, 7) is 4.07. The molecule has 4 heteroatoms. The fourth-order valence-corrected chi connectivity index (χ4v) is 2.83. The molecule has 2 rings (SSSR count). The van der Waals surface area contributed by atoms with Gasteiger partial charge in [-0.2, -0.15) is 0 Å². The monoisotopic (exact) mass is 278 g/mol. The van der Waals surface area contributed by atoms with Gasteiger partial charge >= 0.3 is 0 Å². The minimum Gasteiger partial charge on any atom is -0.374 e. The van der Waals surface area contributed by atoms with Gasteiger partial charge in [-0.15, -0.1) is 0 Å². The third-order valence-electron chi connectivity index (χ3n) is 4.00. The molecule has 1 unspecified atom stereocenters. The smallest absolute Gasteiger partial charge is 0.171 e. The highest BCUT2D eigenvalue weighted by Crippen LogP contribution is 2.26. The Balaban J connectivity index is 1.97. The van der Waals surface area contributed by atoms with Gasteiger partial charge in [0.25, 0.3) is 0 Å². The first kappa shape index (κ1) is 15.3. The molecule has 1 aliphatic rings. The highest BCUT2D eigenvalue weighted by atomic mass is 16.7. The molecule has 0 radical (unpaired) electrons. The number of benzene rings is 1. The average molecular weight is 278 g/mol. The molecule has 4 nitrogen and oxygen atoms in total. The van der Waals surface area contributed by atoms with Crippen molar-refractivity contribution in [1.29, 1.82) is 0 Å². The Morgan fingerprint density at radius 1 is 1.30 bits per heavy atom. The van der Waals surface area contributed by atoms with Gasteiger partial charge in [0.15, 0.2) is 6.29 Å². The first-order valence-corrected chi connectivity index (χ1v) is 7.27. The van der Waals surface area contributed by atoms with E-state index < -0.39 is 0 Å². The molecule has 0 bridgehead atoms. The van der Waals surface area contributed by atoms with Crippen LogP contribution < -0.4 is 10.2 Å². The van der Waals surface area contributed by atoms with Crippen molar-refractivity contribution in [3.05, 3.63) is 29.3 Å². The molecule has 0 aliphatic carbocycles. The molecule has 0 fully saturated rings. The molecule has 0 saturated heterocycles. The normalized spacial score (nSPS) is 16.4. The second kappa shape index (κ2) is 7.07. The van der Waals surface area contributed by atoms with Crippen molar-refractivity contribution in [3.63, 3.8) is 0 Å². The van der Waals surface area contributed by atoms with E-state index in [-0.39, 0.29) is 12.3 Å². The van der Waals surface area contributed by atoms with Crippen LogP contribution in [-0.2, 0) is 22.4 Å². The van der Waals surface area contributed by atoms with E-state index in [1.54, 1.807) is 14.2 Å². The van der Waals surface area contributed by atoms with Crippen molar-refractivity contribution in [3.8, 4) is 0 Å². The highest BCUT2D eigenvalue weighted by molar-refractivity contribution is 5.56. The zero-order valence-electron chi connectivity index (χ0n) is 13.0. The summed E-state index contributed by atoms with van der Waals surface area (Å²) >= 11 is 0. The zero-order chi connectivity index (χ0) is 14.5. The lowest BCUT2D eigenvalue weighted by Crippen LogP contribution is -2.39. The van der Waals surface area contributed by atoms with Gasteiger partial charge in [-0.25, -0.2) is 0 Å². The quantitative estimate of drug-likeness (QED) is 0.809. The summed E-state index contributed by atoms with van der Waals surface area (Å²) < 4.78 is 10.5. The van der Waals surface area contributed by atoms with Crippen LogP contribution in [0.5, 0.6) is 0 Å². The minimum atomic E-state index is -0.209. The number of fused-ring (bicyclic) bond motifs is 1. The zero-order valence-corrected chi connectivity index (χ0v) is 13.0. The number of rotatable bonds is 6. The third-order valence-corrected chi connectivity index (χ3v) is 4.00. The summed E-state index contributed by atoms with van der Waals surface area (Å²) in [6.07, 6.45) is 2.22. The van der Waals surface area contributed by atoms with Crippen molar-refractivity contribution in [2.75, 3.05) is 32.7 Å². The molecule has 1 aromatic carbocycles. The van der Waals surface area contributed by atoms with E-state index in [2.05, 4.69) is 42.4 Å². The van der Waals surface area contributed by atoms with E-state index >= 15 is 0 Å². The predicted octanol–water partition coefficient (Wildman–Crippen LogP) is 2.17. The number of aryl methyl sites for hydroxylation is 1. The molecular formula is C16H26N2O2. The average Bonchev–Trinajstić information content (AvgIpc) is 2.46. The lowest BCUT2D eigenvalue weighted by molar-refractivity contribution is -0.119. The van der Waals surface area contributed by atoms with Crippen LogP contribution in [0.25, 0.3) is 0 Å². The number of hydrogen-bond acceptors (Lipinski definition) is 4. The van der Waals surface area contributed by atoms with Gasteiger partial charge in [0.1, 0.15) is 0 Å². The van der Waals surface area contributed by atoms with Gasteiger partial charge < -0.3 is 19.7 Å². The summed E-state index contributed by atoms with van der Waals surface area (Å²) in [7, 11) is 5.50. The van der Waals surface area contributed by atoms with Crippen molar-refractivity contribution >= 4 is 5.69 Å². The van der Waals surface area contributed by atoms with Gasteiger partial charge in [0.05, 0.1) is 6.04 Å². The van der Waals surface area contributed by atoms with E-state index in [4.69, 9.17) is 9.47 Å². The standard InChI is InChI=1S/C16H26N2O2/c1-12(16(19-3)20-4)17-11-13-7-8-15-14(10-13)6-5-9-18(15)2/h7-8,10,12,16-17H,5-6,9,11H2,1-4H3. The summed E-state index contributed by atoms with van der Waals surface area (Å²) in [5, 5.41) is 3.46. The third kappa shape index (κ3) is 3.51. The fraction of sp³-hybridized carbons (Fsp3) is 0.625. The first-order valence-electron chi connectivity index (χ1n) is 7.27. The second-order valence-electron chi connectivity index (χ2n) is 5.50. The van der Waals surface area contributed by atoms with E-state index in [1.807, 2.05) is 0 Å². The van der Waals surface area contributed by atoms with Crippen LogP contribution in [-0.4, -0.2) is 40.1 Å². The molecule has 112 valence electrons. The topological polar surface area (TPSA) is 33.7 Å². The SMILES string of the molecule is COC(OC)C(C)NCc1ccc2c(c1)CCCN2C. The second-order valence-corrected chi connectivity index (χ2v) is 5.50. The molecule has 20 heavy (non-hydrogen) atoms. The molecule has 1 aromatic rings. The number of nitrogens with one attached hydrogen (secondary N) is 1. The van der Waals surface area contributed by atoms with Crippen LogP contribution in [0.1, 0.15) is 24.5 Å². The van der Waals surface area contributed by atoms with Crippen LogP contribution in [0, 0.1) is 0 Å². The maximum absolute atomic E-state index is 5.26. The van der Waals surface area contributed by atoms with Crippen LogP contribution in [0.3, 0.4) is 0 Å². The number of methoxy groups -OCH3 is 2. The Morgan fingerprint density at radius 3 is 2.75 bits per heavy atom. The lowest BCUT2D eigenvalue weighted by Gasteiger charge is -2.28. The summed E-state index contributed by atoms with van der Waals surface area (Å²) in [5.74, 6) is 0. The van der Waals surface area contributed by atoms with Crippen LogP contribution in [0.4, 0.5) is 5.69 Å². The molecular weight excluding hydrogens is 252 g/mol. The molecule has 1 atom stereocenters. The Kier molecular flexibility index (Phi) is 5.40. The van der Waals surface area contributed by atoms with Crippen molar-refractivity contribution in [2.45, 2.75) is 38.6 Å². The van der Waals surface area contributed by atoms with E-state index in [1.165, 1.54) is 29.7 Å². The summed E-state index contributed by atoms with van der Waals surface area (Å²) in [6, 6.07) is 6.91. The van der Waals surface area contributed by atoms with Crippen molar-refractivity contribution < 1.29 is 9.47 Å². The largest absolute Gasteiger partial charge is 0.374 e. The van der Waals surface area contributed by atoms with Crippen LogP contribution in [0.2, 0.25) is 0 Å². The van der Waals surface area contributed by atoms with E-state index in [9.17, 15) is 0 Å². The Hall–Kier alpha value is -1.10. The lowest BCUT2D eigenvalue weighted by atomic mass is 9.99. The molecule has 0 spiro atoms. The van der Waals surface area contributed by atoms with Gasteiger partial charge in [-0.3, -0.25) is 0 Å². The van der Waals surface area contributed by atoms with E-state index in [0.717, 1.165) is 13.1 Å². The Morgan fingerprint density at radius 2 is 2.05 bits per heavy atom. The molecule has 1 heterocycles. The highest BCUT2D eigenvalue weighted by Gasteiger charge is 2.16. The summed E-state index contributed by atoms with van der Waals surface area (Å²) in [5.41, 5.74) is 4.15. The van der Waals surface area contributed by atoms with Crippen molar-refractivity contribution in [2.24, 2.45) is 0 Å².